The number of nitrogens with one attached hydrogen (secondary N) is 1. The largest absolute Gasteiger partial charge is 0.539 e. The number of amides is 2. The molecule has 2 aromatic carbocycles. The van der Waals surface area contributed by atoms with Crippen molar-refractivity contribution in [3.05, 3.63) is 89.5 Å². The normalized spacial score (nSPS) is 14.5. The Kier molecular flexibility index (Phi) is 4.02. The summed E-state index contributed by atoms with van der Waals surface area (Å²) in [7, 11) is 2.99. The van der Waals surface area contributed by atoms with Gasteiger partial charge in [-0.2, -0.15) is 0 Å². The molecule has 4 rings (SSSR count). The summed E-state index contributed by atoms with van der Waals surface area (Å²) in [4.78, 5) is 29.1. The third-order valence-corrected chi connectivity index (χ3v) is 4.48. The van der Waals surface area contributed by atoms with Gasteiger partial charge in [0.05, 0.1) is 17.3 Å². The first kappa shape index (κ1) is 16.1. The molecule has 3 radical (unpaired) electrons. The van der Waals surface area contributed by atoms with Gasteiger partial charge in [-0.15, -0.1) is 0 Å². The van der Waals surface area contributed by atoms with Gasteiger partial charge >= 0.3 is 10.5 Å². The highest BCUT2D eigenvalue weighted by Crippen LogP contribution is 2.24. The van der Waals surface area contributed by atoms with Crippen molar-refractivity contribution in [1.29, 1.82) is 0 Å². The number of hydrogen-bond donors (Lipinski definition) is 1. The van der Waals surface area contributed by atoms with Gasteiger partial charge in [-0.3, -0.25) is 9.59 Å². The van der Waals surface area contributed by atoms with Crippen molar-refractivity contribution in [3.63, 3.8) is 0 Å². The summed E-state index contributed by atoms with van der Waals surface area (Å²) in [5.41, 5.74) is 2.78. The molecule has 0 saturated heterocycles. The van der Waals surface area contributed by atoms with Crippen LogP contribution in [0.3, 0.4) is 0 Å². The molecular weight excluding hydrogens is 344 g/mol. The van der Waals surface area contributed by atoms with Gasteiger partial charge in [-0.05, 0) is 35.9 Å². The summed E-state index contributed by atoms with van der Waals surface area (Å²) in [5.74, 6) is -0.416. The molecule has 5 nitrogen and oxygen atoms in total. The number of carbonyl (C=O) groups excluding carboxylic acids is 2. The number of hydrogen-bond acceptors (Lipinski definition) is 3. The van der Waals surface area contributed by atoms with Crippen LogP contribution in [-0.4, -0.2) is 32.2 Å². The standard InChI is InChI=1S/C20H13N2O3Si/c23-19-16-6-1-2-7-17(16)20(24)22(19)12-14(25-26)10-9-13-11-21-18-8-4-3-5-15(13)18/h1-12,21H. The SMILES string of the molecule is O=C1c2ccccc2C(=O)N1C=C(C=Cc1c[nH]c2ccccc12)O[Si]. The number of rotatable bonds is 4. The van der Waals surface area contributed by atoms with Crippen molar-refractivity contribution in [3.8, 4) is 0 Å². The smallest absolute Gasteiger partial charge is 0.341 e. The third-order valence-electron chi connectivity index (χ3n) is 4.25. The molecule has 1 aliphatic rings. The lowest BCUT2D eigenvalue weighted by Gasteiger charge is -2.09. The Bertz CT molecular complexity index is 1050. The fourth-order valence-electron chi connectivity index (χ4n) is 2.96. The summed E-state index contributed by atoms with van der Waals surface area (Å²) in [6, 6.07) is 14.7. The van der Waals surface area contributed by atoms with Gasteiger partial charge < -0.3 is 9.41 Å². The number of nitrogens with zero attached hydrogens (tertiary/aromatic N) is 1. The summed E-state index contributed by atoms with van der Waals surface area (Å²) >= 11 is 0. The number of H-pyrrole nitrogens is 1. The van der Waals surface area contributed by atoms with Gasteiger partial charge in [0.2, 0.25) is 0 Å². The van der Waals surface area contributed by atoms with Gasteiger partial charge in [0.1, 0.15) is 5.76 Å². The van der Waals surface area contributed by atoms with E-state index in [4.69, 9.17) is 4.43 Å². The highest BCUT2D eigenvalue weighted by molar-refractivity contribution is 6.22. The minimum Gasteiger partial charge on any atom is -0.539 e. The molecule has 6 heteroatoms. The van der Waals surface area contributed by atoms with Gasteiger partial charge in [0, 0.05) is 17.1 Å². The molecule has 2 heterocycles. The van der Waals surface area contributed by atoms with E-state index >= 15 is 0 Å². The second-order valence-corrected chi connectivity index (χ2v) is 5.99. The fourth-order valence-corrected chi connectivity index (χ4v) is 3.08. The minimum absolute atomic E-state index is 0.321. The molecule has 0 fully saturated rings. The zero-order chi connectivity index (χ0) is 18.1. The number of para-hydroxylation sites is 1. The van der Waals surface area contributed by atoms with Crippen molar-refractivity contribution in [2.75, 3.05) is 0 Å². The van der Waals surface area contributed by atoms with Crippen molar-refractivity contribution in [2.24, 2.45) is 0 Å². The number of aromatic nitrogens is 1. The van der Waals surface area contributed by atoms with E-state index < -0.39 is 0 Å². The van der Waals surface area contributed by atoms with E-state index in [2.05, 4.69) is 15.5 Å². The topological polar surface area (TPSA) is 62.4 Å². The first-order valence-corrected chi connectivity index (χ1v) is 8.36. The molecule has 2 amide bonds. The van der Waals surface area contributed by atoms with E-state index in [-0.39, 0.29) is 11.8 Å². The quantitative estimate of drug-likeness (QED) is 0.337. The molecular formula is C20H13N2O3Si. The molecule has 125 valence electrons. The number of imide groups is 1. The molecule has 1 aromatic heterocycles. The Hall–Kier alpha value is -3.38. The predicted octanol–water partition coefficient (Wildman–Crippen LogP) is 3.42. The van der Waals surface area contributed by atoms with Crippen LogP contribution in [0.2, 0.25) is 0 Å². The Morgan fingerprint density at radius 1 is 1.00 bits per heavy atom. The number of carbonyl (C=O) groups is 2. The maximum atomic E-state index is 12.4. The average Bonchev–Trinajstić information content (AvgIpc) is 3.20. The van der Waals surface area contributed by atoms with Gasteiger partial charge in [0.15, 0.2) is 0 Å². The lowest BCUT2D eigenvalue weighted by molar-refractivity contribution is 0.0717. The molecule has 0 bridgehead atoms. The summed E-state index contributed by atoms with van der Waals surface area (Å²) in [6.45, 7) is 0. The molecule has 26 heavy (non-hydrogen) atoms. The maximum absolute atomic E-state index is 12.4. The van der Waals surface area contributed by atoms with E-state index in [9.17, 15) is 9.59 Å². The highest BCUT2D eigenvalue weighted by atomic mass is 28.2. The van der Waals surface area contributed by atoms with Crippen LogP contribution in [-0.2, 0) is 4.43 Å². The van der Waals surface area contributed by atoms with Crippen molar-refractivity contribution in [2.45, 2.75) is 0 Å². The Labute approximate surface area is 153 Å². The molecule has 1 aliphatic heterocycles. The number of benzene rings is 2. The highest BCUT2D eigenvalue weighted by Gasteiger charge is 2.34. The number of allylic oxidation sites excluding steroid dienone is 1. The Morgan fingerprint density at radius 2 is 1.65 bits per heavy atom. The molecule has 0 unspecified atom stereocenters. The van der Waals surface area contributed by atoms with Crippen LogP contribution in [0, 0.1) is 0 Å². The van der Waals surface area contributed by atoms with Crippen LogP contribution in [0.25, 0.3) is 17.0 Å². The first-order valence-electron chi connectivity index (χ1n) is 7.95. The Morgan fingerprint density at radius 3 is 2.35 bits per heavy atom. The molecule has 0 atom stereocenters. The van der Waals surface area contributed by atoms with E-state index in [0.717, 1.165) is 21.4 Å². The van der Waals surface area contributed by atoms with E-state index in [1.807, 2.05) is 36.5 Å². The summed E-state index contributed by atoms with van der Waals surface area (Å²) in [5, 5.41) is 1.07. The van der Waals surface area contributed by atoms with Crippen LogP contribution < -0.4 is 0 Å². The zero-order valence-corrected chi connectivity index (χ0v) is 14.6. The lowest BCUT2D eigenvalue weighted by Crippen LogP contribution is -2.24. The van der Waals surface area contributed by atoms with Gasteiger partial charge in [-0.1, -0.05) is 30.3 Å². The number of fused-ring (bicyclic) bond motifs is 2. The average molecular weight is 357 g/mol. The molecule has 0 aliphatic carbocycles. The van der Waals surface area contributed by atoms with E-state index in [1.54, 1.807) is 30.3 Å². The van der Waals surface area contributed by atoms with E-state index in [1.165, 1.54) is 6.20 Å². The minimum atomic E-state index is -0.368. The fraction of sp³-hybridized carbons (Fsp3) is 0. The monoisotopic (exact) mass is 357 g/mol. The molecule has 0 saturated carbocycles. The Balaban J connectivity index is 1.64. The van der Waals surface area contributed by atoms with Gasteiger partial charge in [-0.25, -0.2) is 4.90 Å². The molecule has 1 N–H and O–H groups in total. The summed E-state index contributed by atoms with van der Waals surface area (Å²) in [6.07, 6.45) is 6.80. The van der Waals surface area contributed by atoms with Crippen LogP contribution in [0.5, 0.6) is 0 Å². The molecule has 3 aromatic rings. The zero-order valence-electron chi connectivity index (χ0n) is 13.6. The second kappa shape index (κ2) is 6.49. The van der Waals surface area contributed by atoms with Crippen LogP contribution in [0.4, 0.5) is 0 Å². The maximum Gasteiger partial charge on any atom is 0.341 e. The van der Waals surface area contributed by atoms with Gasteiger partial charge in [0.25, 0.3) is 11.8 Å². The van der Waals surface area contributed by atoms with E-state index in [0.29, 0.717) is 16.9 Å². The summed E-state index contributed by atoms with van der Waals surface area (Å²) < 4.78 is 5.14. The van der Waals surface area contributed by atoms with Crippen molar-refractivity contribution >= 4 is 39.3 Å². The van der Waals surface area contributed by atoms with Crippen LogP contribution >= 0.6 is 0 Å². The first-order chi connectivity index (χ1) is 12.7. The predicted molar refractivity (Wildman–Crippen MR) is 99.2 cm³/mol. The second-order valence-electron chi connectivity index (χ2n) is 5.78. The van der Waals surface area contributed by atoms with Crippen molar-refractivity contribution in [1.82, 2.24) is 9.88 Å². The van der Waals surface area contributed by atoms with Crippen LogP contribution in [0.1, 0.15) is 26.3 Å². The lowest BCUT2D eigenvalue weighted by atomic mass is 10.1. The molecule has 0 spiro atoms. The number of aromatic amines is 1. The van der Waals surface area contributed by atoms with Crippen molar-refractivity contribution < 1.29 is 14.0 Å². The third kappa shape index (κ3) is 2.66. The van der Waals surface area contributed by atoms with Crippen LogP contribution in [0.15, 0.2) is 72.8 Å².